The lowest BCUT2D eigenvalue weighted by Gasteiger charge is -2.15. The molecule has 3 aromatic rings. The first-order chi connectivity index (χ1) is 13.0. The van der Waals surface area contributed by atoms with Crippen LogP contribution in [-0.2, 0) is 13.1 Å². The maximum absolute atomic E-state index is 12.2. The van der Waals surface area contributed by atoms with E-state index in [2.05, 4.69) is 30.5 Å². The van der Waals surface area contributed by atoms with Crippen LogP contribution >= 0.6 is 0 Å². The molecule has 0 saturated heterocycles. The average molecular weight is 370 g/mol. The van der Waals surface area contributed by atoms with E-state index in [1.165, 1.54) is 4.90 Å². The van der Waals surface area contributed by atoms with Gasteiger partial charge in [0.25, 0.3) is 0 Å². The van der Waals surface area contributed by atoms with Gasteiger partial charge in [0.15, 0.2) is 0 Å². The van der Waals surface area contributed by atoms with Gasteiger partial charge in [0.2, 0.25) is 11.7 Å². The average Bonchev–Trinajstić information content (AvgIpc) is 3.25. The van der Waals surface area contributed by atoms with Crippen LogP contribution in [0.1, 0.15) is 24.0 Å². The van der Waals surface area contributed by atoms with Crippen LogP contribution in [0.3, 0.4) is 0 Å². The van der Waals surface area contributed by atoms with E-state index in [1.54, 1.807) is 25.5 Å². The molecule has 0 aliphatic carbocycles. The normalized spacial score (nSPS) is 10.8. The van der Waals surface area contributed by atoms with Crippen LogP contribution in [0.2, 0.25) is 0 Å². The topological polar surface area (TPSA) is 115 Å². The van der Waals surface area contributed by atoms with Crippen molar-refractivity contribution in [3.05, 3.63) is 42.1 Å². The molecule has 142 valence electrons. The molecule has 0 aromatic carbocycles. The highest BCUT2D eigenvalue weighted by Gasteiger charge is 2.14. The van der Waals surface area contributed by atoms with Crippen LogP contribution in [0.4, 0.5) is 4.79 Å². The summed E-state index contributed by atoms with van der Waals surface area (Å²) in [5, 5.41) is 11.1. The van der Waals surface area contributed by atoms with E-state index < -0.39 is 0 Å². The number of hydrogen-bond donors (Lipinski definition) is 1. The number of carbonyl (C=O) groups excluding carboxylic acids is 1. The second-order valence-electron chi connectivity index (χ2n) is 6.12. The highest BCUT2D eigenvalue weighted by atomic mass is 16.5. The molecule has 3 aromatic heterocycles. The van der Waals surface area contributed by atoms with Crippen molar-refractivity contribution in [2.75, 3.05) is 13.6 Å². The number of hydrogen-bond acceptors (Lipinski definition) is 7. The lowest BCUT2D eigenvalue weighted by Crippen LogP contribution is -2.37. The van der Waals surface area contributed by atoms with E-state index >= 15 is 0 Å². The van der Waals surface area contributed by atoms with Crippen LogP contribution in [-0.4, -0.2) is 54.4 Å². The molecule has 3 rings (SSSR count). The molecule has 0 aliphatic heterocycles. The zero-order valence-electron chi connectivity index (χ0n) is 15.6. The first-order valence-electron chi connectivity index (χ1n) is 8.63. The predicted octanol–water partition coefficient (Wildman–Crippen LogP) is 1.57. The largest absolute Gasteiger partial charge is 0.338 e. The van der Waals surface area contributed by atoms with Crippen LogP contribution in [0.15, 0.2) is 29.0 Å². The highest BCUT2D eigenvalue weighted by molar-refractivity contribution is 5.73. The quantitative estimate of drug-likeness (QED) is 0.628. The van der Waals surface area contributed by atoms with Crippen molar-refractivity contribution in [1.82, 2.24) is 40.1 Å². The molecule has 0 bridgehead atoms. The van der Waals surface area contributed by atoms with Crippen LogP contribution in [0.5, 0.6) is 0 Å². The van der Waals surface area contributed by atoms with Gasteiger partial charge in [0.05, 0.1) is 0 Å². The molecule has 2 amide bonds. The van der Waals surface area contributed by atoms with E-state index in [0.717, 1.165) is 23.6 Å². The van der Waals surface area contributed by atoms with Crippen molar-refractivity contribution in [2.24, 2.45) is 0 Å². The monoisotopic (exact) mass is 370 g/mol. The van der Waals surface area contributed by atoms with Crippen molar-refractivity contribution in [1.29, 1.82) is 0 Å². The molecule has 10 nitrogen and oxygen atoms in total. The molecule has 0 aliphatic rings. The Hall–Kier alpha value is -3.30. The third kappa shape index (κ3) is 4.87. The summed E-state index contributed by atoms with van der Waals surface area (Å²) >= 11 is 0. The molecular weight excluding hydrogens is 348 g/mol. The Balaban J connectivity index is 1.44. The van der Waals surface area contributed by atoms with Crippen molar-refractivity contribution in [3.63, 3.8) is 0 Å². The van der Waals surface area contributed by atoms with Crippen LogP contribution in [0, 0.1) is 13.8 Å². The number of rotatable bonds is 7. The minimum absolute atomic E-state index is 0.206. The maximum Gasteiger partial charge on any atom is 0.317 e. The summed E-state index contributed by atoms with van der Waals surface area (Å²) in [5.74, 6) is 2.43. The number of aromatic nitrogens is 6. The van der Waals surface area contributed by atoms with E-state index in [-0.39, 0.29) is 12.6 Å². The lowest BCUT2D eigenvalue weighted by atomic mass is 10.3. The molecule has 0 saturated carbocycles. The molecule has 0 radical (unpaired) electrons. The second-order valence-corrected chi connectivity index (χ2v) is 6.12. The van der Waals surface area contributed by atoms with E-state index in [4.69, 9.17) is 4.52 Å². The van der Waals surface area contributed by atoms with Crippen molar-refractivity contribution in [2.45, 2.75) is 33.4 Å². The lowest BCUT2D eigenvalue weighted by molar-refractivity contribution is 0.199. The molecule has 0 spiro atoms. The first-order valence-corrected chi connectivity index (χ1v) is 8.63. The fraction of sp³-hybridized carbons (Fsp3) is 0.412. The van der Waals surface area contributed by atoms with Gasteiger partial charge in [0, 0.05) is 38.1 Å². The molecule has 1 N–H and O–H groups in total. The number of aryl methyl sites for hydroxylation is 3. The third-order valence-corrected chi connectivity index (χ3v) is 3.89. The van der Waals surface area contributed by atoms with Gasteiger partial charge in [-0.3, -0.25) is 9.67 Å². The van der Waals surface area contributed by atoms with Crippen molar-refractivity contribution in [3.8, 4) is 11.4 Å². The molecule has 10 heteroatoms. The number of amides is 2. The van der Waals surface area contributed by atoms with Gasteiger partial charge in [-0.1, -0.05) is 5.16 Å². The SMILES string of the molecule is Cc1nc(C)n(CCCNC(=O)N(C)Cc2nc(-c3cccnc3)no2)n1. The molecule has 0 fully saturated rings. The van der Waals surface area contributed by atoms with Gasteiger partial charge in [0.1, 0.15) is 18.2 Å². The Morgan fingerprint density at radius 3 is 2.89 bits per heavy atom. The zero-order valence-corrected chi connectivity index (χ0v) is 15.6. The number of carbonyl (C=O) groups is 1. The third-order valence-electron chi connectivity index (χ3n) is 3.89. The summed E-state index contributed by atoms with van der Waals surface area (Å²) in [6.07, 6.45) is 4.09. The maximum atomic E-state index is 12.2. The molecular formula is C17H22N8O2. The van der Waals surface area contributed by atoms with Gasteiger partial charge >= 0.3 is 6.03 Å². The summed E-state index contributed by atoms with van der Waals surface area (Å²) in [7, 11) is 1.67. The predicted molar refractivity (Wildman–Crippen MR) is 96.5 cm³/mol. The van der Waals surface area contributed by atoms with Crippen LogP contribution < -0.4 is 5.32 Å². The summed E-state index contributed by atoms with van der Waals surface area (Å²) < 4.78 is 7.05. The number of pyridine rings is 1. The van der Waals surface area contributed by atoms with Gasteiger partial charge in [-0.15, -0.1) is 0 Å². The summed E-state index contributed by atoms with van der Waals surface area (Å²) in [6.45, 7) is 5.23. The van der Waals surface area contributed by atoms with Gasteiger partial charge in [-0.2, -0.15) is 10.1 Å². The second kappa shape index (κ2) is 8.39. The van der Waals surface area contributed by atoms with Gasteiger partial charge in [-0.25, -0.2) is 9.78 Å². The molecule has 27 heavy (non-hydrogen) atoms. The Bertz CT molecular complexity index is 889. The smallest absolute Gasteiger partial charge is 0.317 e. The Morgan fingerprint density at radius 1 is 1.33 bits per heavy atom. The number of nitrogens with zero attached hydrogens (tertiary/aromatic N) is 7. The summed E-state index contributed by atoms with van der Waals surface area (Å²) in [4.78, 5) is 26.2. The van der Waals surface area contributed by atoms with E-state index in [1.807, 2.05) is 24.6 Å². The summed E-state index contributed by atoms with van der Waals surface area (Å²) in [5.41, 5.74) is 0.762. The molecule has 0 unspecified atom stereocenters. The fourth-order valence-electron chi connectivity index (χ4n) is 2.54. The van der Waals surface area contributed by atoms with Crippen molar-refractivity contribution >= 4 is 6.03 Å². The van der Waals surface area contributed by atoms with Gasteiger partial charge in [-0.05, 0) is 32.4 Å². The zero-order chi connectivity index (χ0) is 19.2. The highest BCUT2D eigenvalue weighted by Crippen LogP contribution is 2.14. The number of nitrogens with one attached hydrogen (secondary N) is 1. The Kier molecular flexibility index (Phi) is 5.74. The first kappa shape index (κ1) is 18.5. The van der Waals surface area contributed by atoms with E-state index in [0.29, 0.717) is 24.8 Å². The van der Waals surface area contributed by atoms with Gasteiger partial charge < -0.3 is 14.7 Å². The molecule has 3 heterocycles. The Labute approximate surface area is 156 Å². The summed E-state index contributed by atoms with van der Waals surface area (Å²) in [6, 6.07) is 3.44. The van der Waals surface area contributed by atoms with Crippen LogP contribution in [0.25, 0.3) is 11.4 Å². The standard InChI is InChI=1S/C17H22N8O2/c1-12-20-13(2)25(22-12)9-5-8-19-17(26)24(3)11-15-21-16(23-27-15)14-6-4-7-18-10-14/h4,6-7,10H,5,8-9,11H2,1-3H3,(H,19,26). The molecule has 0 atom stereocenters. The van der Waals surface area contributed by atoms with E-state index in [9.17, 15) is 4.79 Å². The fourth-order valence-corrected chi connectivity index (χ4v) is 2.54. The minimum Gasteiger partial charge on any atom is -0.338 e. The minimum atomic E-state index is -0.206. The Morgan fingerprint density at radius 2 is 2.19 bits per heavy atom. The van der Waals surface area contributed by atoms with Crippen molar-refractivity contribution < 1.29 is 9.32 Å². The number of urea groups is 1.